The first-order chi connectivity index (χ1) is 17.7. The maximum Gasteiger partial charge on any atom is 0.315 e. The molecule has 1 unspecified atom stereocenters. The van der Waals surface area contributed by atoms with Crippen LogP contribution in [0.15, 0.2) is 0 Å². The molecule has 0 aliphatic rings. The minimum Gasteiger partial charge on any atom is -0.462 e. The molecule has 0 aliphatic heterocycles. The number of aliphatic hydroxyl groups excluding tert-OH is 1. The molecule has 0 radical (unpaired) electrons. The number of esters is 1. The van der Waals surface area contributed by atoms with Crippen LogP contribution in [0.4, 0.5) is 0 Å². The van der Waals surface area contributed by atoms with Crippen molar-refractivity contribution in [3.8, 4) is 0 Å². The summed E-state index contributed by atoms with van der Waals surface area (Å²) in [6, 6.07) is 0. The third kappa shape index (κ3) is 30.0. The van der Waals surface area contributed by atoms with Gasteiger partial charge in [0.15, 0.2) is 0 Å². The summed E-state index contributed by atoms with van der Waals surface area (Å²) in [6.07, 6.45) is 36.6. The summed E-state index contributed by atoms with van der Waals surface area (Å²) in [5.74, 6) is -0.283. The van der Waals surface area contributed by atoms with Crippen molar-refractivity contribution in [2.24, 2.45) is 0 Å². The zero-order valence-corrected chi connectivity index (χ0v) is 25.2. The summed E-state index contributed by atoms with van der Waals surface area (Å²) in [4.78, 5) is 11.0. The van der Waals surface area contributed by atoms with Crippen molar-refractivity contribution in [2.45, 2.75) is 186 Å². The summed E-state index contributed by atoms with van der Waals surface area (Å²) in [5.41, 5.74) is 0. The van der Waals surface area contributed by atoms with Crippen LogP contribution < -0.4 is 0 Å². The molecule has 0 aromatic rings. The molecule has 0 spiro atoms. The predicted octanol–water partition coefficient (Wildman–Crippen LogP) is 10.4. The quantitative estimate of drug-likeness (QED) is 0.0553. The van der Waals surface area contributed by atoms with Crippen molar-refractivity contribution in [3.05, 3.63) is 0 Å². The molecule has 4 heteroatoms. The number of aliphatic hydroxyl groups is 1. The van der Waals surface area contributed by atoms with Gasteiger partial charge < -0.3 is 9.84 Å². The fourth-order valence-electron chi connectivity index (χ4n) is 5.01. The molecule has 0 rings (SSSR count). The first-order valence-electron chi connectivity index (χ1n) is 16.1. The number of rotatable bonds is 30. The summed E-state index contributed by atoms with van der Waals surface area (Å²) < 4.78 is 4.90. The summed E-state index contributed by atoms with van der Waals surface area (Å²) in [7, 11) is 0. The molecule has 216 valence electrons. The maximum atomic E-state index is 11.0. The monoisotopic (exact) mass is 528 g/mol. The van der Waals surface area contributed by atoms with E-state index in [1.165, 1.54) is 154 Å². The molecule has 0 aromatic heterocycles. The average Bonchev–Trinajstić information content (AvgIpc) is 2.89. The minimum atomic E-state index is -0.525. The molecule has 0 saturated heterocycles. The Morgan fingerprint density at radius 2 is 0.833 bits per heavy atom. The molecule has 1 atom stereocenters. The second-order valence-electron chi connectivity index (χ2n) is 11.1. The molecule has 0 amide bonds. The van der Waals surface area contributed by atoms with E-state index in [-0.39, 0.29) is 18.3 Å². The standard InChI is InChI=1S/C32H64O3S/c1-2-3-4-5-6-7-8-9-10-11-12-13-14-15-16-17-18-19-20-21-22-23-24-25-26-27-28-31(33)29-35-32(34)30-36/h31,33,36H,2-30H2,1H3. The van der Waals surface area contributed by atoms with Crippen LogP contribution in [0.5, 0.6) is 0 Å². The van der Waals surface area contributed by atoms with Gasteiger partial charge in [0.1, 0.15) is 6.61 Å². The van der Waals surface area contributed by atoms with Gasteiger partial charge in [-0.2, -0.15) is 12.6 Å². The molecule has 0 saturated carbocycles. The van der Waals surface area contributed by atoms with Crippen molar-refractivity contribution in [1.82, 2.24) is 0 Å². The third-order valence-electron chi connectivity index (χ3n) is 7.46. The van der Waals surface area contributed by atoms with Crippen LogP contribution in [0.1, 0.15) is 180 Å². The number of thiol groups is 1. The Bertz CT molecular complexity index is 430. The molecular formula is C32H64O3S. The maximum absolute atomic E-state index is 11.0. The summed E-state index contributed by atoms with van der Waals surface area (Å²) >= 11 is 3.85. The van der Waals surface area contributed by atoms with E-state index >= 15 is 0 Å². The second kappa shape index (κ2) is 31.0. The lowest BCUT2D eigenvalue weighted by Gasteiger charge is -2.10. The van der Waals surface area contributed by atoms with Crippen LogP contribution in [0.2, 0.25) is 0 Å². The van der Waals surface area contributed by atoms with Crippen LogP contribution in [-0.4, -0.2) is 29.5 Å². The molecule has 0 aromatic carbocycles. The fraction of sp³-hybridized carbons (Fsp3) is 0.969. The highest BCUT2D eigenvalue weighted by molar-refractivity contribution is 7.81. The van der Waals surface area contributed by atoms with E-state index in [0.29, 0.717) is 0 Å². The van der Waals surface area contributed by atoms with E-state index in [2.05, 4.69) is 19.6 Å². The Kier molecular flexibility index (Phi) is 30.8. The van der Waals surface area contributed by atoms with Crippen LogP contribution in [0.3, 0.4) is 0 Å². The lowest BCUT2D eigenvalue weighted by molar-refractivity contribution is -0.143. The zero-order valence-electron chi connectivity index (χ0n) is 24.3. The largest absolute Gasteiger partial charge is 0.462 e. The Morgan fingerprint density at radius 3 is 1.11 bits per heavy atom. The van der Waals surface area contributed by atoms with Crippen molar-refractivity contribution in [3.63, 3.8) is 0 Å². The van der Waals surface area contributed by atoms with Gasteiger partial charge >= 0.3 is 5.97 Å². The number of hydrogen-bond donors (Lipinski definition) is 2. The van der Waals surface area contributed by atoms with Crippen LogP contribution in [-0.2, 0) is 9.53 Å². The molecule has 36 heavy (non-hydrogen) atoms. The van der Waals surface area contributed by atoms with Gasteiger partial charge in [0.2, 0.25) is 0 Å². The number of hydrogen-bond acceptors (Lipinski definition) is 4. The molecule has 0 heterocycles. The van der Waals surface area contributed by atoms with E-state index in [1.54, 1.807) is 0 Å². The molecule has 0 aliphatic carbocycles. The van der Waals surface area contributed by atoms with E-state index in [0.717, 1.165) is 19.3 Å². The number of carbonyl (C=O) groups excluding carboxylic acids is 1. The topological polar surface area (TPSA) is 46.5 Å². The second-order valence-corrected chi connectivity index (χ2v) is 11.4. The van der Waals surface area contributed by atoms with E-state index < -0.39 is 6.10 Å². The van der Waals surface area contributed by atoms with Gasteiger partial charge in [0.25, 0.3) is 0 Å². The lowest BCUT2D eigenvalue weighted by atomic mass is 10.0. The van der Waals surface area contributed by atoms with Crippen molar-refractivity contribution in [2.75, 3.05) is 12.4 Å². The molecule has 0 fully saturated rings. The fourth-order valence-corrected chi connectivity index (χ4v) is 5.11. The predicted molar refractivity (Wildman–Crippen MR) is 161 cm³/mol. The molecule has 1 N–H and O–H groups in total. The highest BCUT2D eigenvalue weighted by Gasteiger charge is 2.07. The van der Waals surface area contributed by atoms with E-state index in [1.807, 2.05) is 0 Å². The van der Waals surface area contributed by atoms with Crippen LogP contribution in [0, 0.1) is 0 Å². The van der Waals surface area contributed by atoms with E-state index in [9.17, 15) is 9.90 Å². The summed E-state index contributed by atoms with van der Waals surface area (Å²) in [5, 5.41) is 9.78. The highest BCUT2D eigenvalue weighted by Crippen LogP contribution is 2.16. The zero-order chi connectivity index (χ0) is 26.4. The van der Waals surface area contributed by atoms with Crippen molar-refractivity contribution >= 4 is 18.6 Å². The molecular weight excluding hydrogens is 464 g/mol. The first-order valence-corrected chi connectivity index (χ1v) is 16.8. The minimum absolute atomic E-state index is 0.0757. The third-order valence-corrected chi connectivity index (χ3v) is 7.71. The number of unbranched alkanes of at least 4 members (excludes halogenated alkanes) is 25. The van der Waals surface area contributed by atoms with Crippen molar-refractivity contribution < 1.29 is 14.6 Å². The van der Waals surface area contributed by atoms with Gasteiger partial charge in [-0.3, -0.25) is 4.79 Å². The SMILES string of the molecule is CCCCCCCCCCCCCCCCCCCCCCCCCCCCC(O)COC(=O)CS. The lowest BCUT2D eigenvalue weighted by Crippen LogP contribution is -2.19. The van der Waals surface area contributed by atoms with Crippen LogP contribution >= 0.6 is 12.6 Å². The number of ether oxygens (including phenoxy) is 1. The number of carbonyl (C=O) groups is 1. The molecule has 3 nitrogen and oxygen atoms in total. The van der Waals surface area contributed by atoms with Crippen molar-refractivity contribution in [1.29, 1.82) is 0 Å². The average molecular weight is 529 g/mol. The smallest absolute Gasteiger partial charge is 0.315 e. The first kappa shape index (κ1) is 35.8. The normalized spacial score (nSPS) is 12.2. The summed E-state index contributed by atoms with van der Waals surface area (Å²) in [6.45, 7) is 2.41. The van der Waals surface area contributed by atoms with Gasteiger partial charge in [-0.15, -0.1) is 0 Å². The van der Waals surface area contributed by atoms with Crippen LogP contribution in [0.25, 0.3) is 0 Å². The Hall–Kier alpha value is -0.220. The molecule has 0 bridgehead atoms. The Morgan fingerprint density at radius 1 is 0.556 bits per heavy atom. The Labute approximate surface area is 231 Å². The van der Waals surface area contributed by atoms with Gasteiger partial charge in [-0.1, -0.05) is 174 Å². The van der Waals surface area contributed by atoms with Gasteiger partial charge in [0, 0.05) is 0 Å². The van der Waals surface area contributed by atoms with Gasteiger partial charge in [-0.25, -0.2) is 0 Å². The van der Waals surface area contributed by atoms with Gasteiger partial charge in [0.05, 0.1) is 11.9 Å². The van der Waals surface area contributed by atoms with E-state index in [4.69, 9.17) is 4.74 Å². The highest BCUT2D eigenvalue weighted by atomic mass is 32.1. The van der Waals surface area contributed by atoms with Gasteiger partial charge in [-0.05, 0) is 6.42 Å². The Balaban J connectivity index is 3.09.